The normalized spacial score (nSPS) is 12.5. The molecule has 2 heterocycles. The number of para-hydroxylation sites is 1. The fourth-order valence-corrected chi connectivity index (χ4v) is 2.36. The average Bonchev–Trinajstić information content (AvgIpc) is 3.18. The van der Waals surface area contributed by atoms with E-state index in [2.05, 4.69) is 20.5 Å². The highest BCUT2D eigenvalue weighted by molar-refractivity contribution is 5.30. The third kappa shape index (κ3) is 2.89. The molecule has 0 fully saturated rings. The molecular weight excluding hydrogens is 280 g/mol. The zero-order valence-corrected chi connectivity index (χ0v) is 12.6. The predicted octanol–water partition coefficient (Wildman–Crippen LogP) is 2.00. The fraction of sp³-hybridized carbons (Fsp3) is 0.333. The molecular formula is C15H18N6O. The summed E-state index contributed by atoms with van der Waals surface area (Å²) in [5, 5.41) is 12.0. The van der Waals surface area contributed by atoms with E-state index in [-0.39, 0.29) is 6.10 Å². The zero-order chi connectivity index (χ0) is 15.4. The van der Waals surface area contributed by atoms with Gasteiger partial charge < -0.3 is 9.30 Å². The molecule has 0 aliphatic carbocycles. The molecule has 3 rings (SSSR count). The molecule has 1 unspecified atom stereocenters. The third-order valence-corrected chi connectivity index (χ3v) is 3.37. The summed E-state index contributed by atoms with van der Waals surface area (Å²) < 4.78 is 9.36. The minimum atomic E-state index is -0.0685. The Hall–Kier alpha value is -2.54. The second-order valence-corrected chi connectivity index (χ2v) is 4.85. The van der Waals surface area contributed by atoms with E-state index >= 15 is 0 Å². The molecule has 0 spiro atoms. The Morgan fingerprint density at radius 3 is 2.82 bits per heavy atom. The van der Waals surface area contributed by atoms with Crippen LogP contribution in [0.2, 0.25) is 0 Å². The van der Waals surface area contributed by atoms with E-state index < -0.39 is 0 Å². The Kier molecular flexibility index (Phi) is 4.24. The van der Waals surface area contributed by atoms with Crippen LogP contribution in [0.15, 0.2) is 42.7 Å². The van der Waals surface area contributed by atoms with Crippen LogP contribution in [0, 0.1) is 0 Å². The van der Waals surface area contributed by atoms with Crippen LogP contribution in [-0.2, 0) is 11.3 Å². The molecule has 1 atom stereocenters. The SMILES string of the molecule is CCOC(C)c1nccn1Cc1nnnn1-c1ccccc1. The lowest BCUT2D eigenvalue weighted by Gasteiger charge is -2.13. The molecule has 0 aliphatic heterocycles. The molecule has 114 valence electrons. The molecule has 3 aromatic rings. The van der Waals surface area contributed by atoms with Crippen LogP contribution in [0.25, 0.3) is 5.69 Å². The minimum Gasteiger partial charge on any atom is -0.371 e. The summed E-state index contributed by atoms with van der Waals surface area (Å²) in [6.45, 7) is 5.15. The van der Waals surface area contributed by atoms with E-state index in [0.29, 0.717) is 13.2 Å². The maximum Gasteiger partial charge on any atom is 0.176 e. The Labute approximate surface area is 128 Å². The van der Waals surface area contributed by atoms with Gasteiger partial charge in [-0.15, -0.1) is 5.10 Å². The minimum absolute atomic E-state index is 0.0685. The highest BCUT2D eigenvalue weighted by Crippen LogP contribution is 2.16. The van der Waals surface area contributed by atoms with Gasteiger partial charge >= 0.3 is 0 Å². The summed E-state index contributed by atoms with van der Waals surface area (Å²) in [5.41, 5.74) is 0.932. The number of hydrogen-bond acceptors (Lipinski definition) is 5. The van der Waals surface area contributed by atoms with Crippen LogP contribution in [0.4, 0.5) is 0 Å². The van der Waals surface area contributed by atoms with Crippen LogP contribution >= 0.6 is 0 Å². The molecule has 0 N–H and O–H groups in total. The number of imidazole rings is 1. The first kappa shape index (κ1) is 14.4. The highest BCUT2D eigenvalue weighted by atomic mass is 16.5. The zero-order valence-electron chi connectivity index (χ0n) is 12.6. The number of aromatic nitrogens is 6. The van der Waals surface area contributed by atoms with Gasteiger partial charge in [0.15, 0.2) is 5.82 Å². The van der Waals surface area contributed by atoms with Gasteiger partial charge in [-0.2, -0.15) is 4.68 Å². The number of tetrazole rings is 1. The maximum absolute atomic E-state index is 5.62. The van der Waals surface area contributed by atoms with Gasteiger partial charge in [0.1, 0.15) is 11.9 Å². The molecule has 22 heavy (non-hydrogen) atoms. The van der Waals surface area contributed by atoms with E-state index in [1.54, 1.807) is 10.9 Å². The third-order valence-electron chi connectivity index (χ3n) is 3.37. The molecule has 0 saturated carbocycles. The summed E-state index contributed by atoms with van der Waals surface area (Å²) in [6, 6.07) is 9.82. The topological polar surface area (TPSA) is 70.7 Å². The molecule has 7 heteroatoms. The van der Waals surface area contributed by atoms with Crippen LogP contribution in [0.5, 0.6) is 0 Å². The Morgan fingerprint density at radius 1 is 1.23 bits per heavy atom. The lowest BCUT2D eigenvalue weighted by atomic mass is 10.3. The number of benzene rings is 1. The van der Waals surface area contributed by atoms with Gasteiger partial charge in [-0.05, 0) is 36.4 Å². The predicted molar refractivity (Wildman–Crippen MR) is 80.5 cm³/mol. The molecule has 2 aromatic heterocycles. The smallest absolute Gasteiger partial charge is 0.176 e. The van der Waals surface area contributed by atoms with Gasteiger partial charge in [0, 0.05) is 19.0 Å². The summed E-state index contributed by atoms with van der Waals surface area (Å²) in [7, 11) is 0. The standard InChI is InChI=1S/C15H18N6O/c1-3-22-12(2)15-16-9-10-20(15)11-14-17-18-19-21(14)13-7-5-4-6-8-13/h4-10,12H,3,11H2,1-2H3. The average molecular weight is 298 g/mol. The Bertz CT molecular complexity index is 720. The van der Waals surface area contributed by atoms with Crippen LogP contribution in [-0.4, -0.2) is 36.4 Å². The van der Waals surface area contributed by atoms with Gasteiger partial charge in [-0.3, -0.25) is 0 Å². The van der Waals surface area contributed by atoms with E-state index in [0.717, 1.165) is 17.3 Å². The summed E-state index contributed by atoms with van der Waals surface area (Å²) >= 11 is 0. The van der Waals surface area contributed by atoms with Crippen molar-refractivity contribution in [3.63, 3.8) is 0 Å². The second-order valence-electron chi connectivity index (χ2n) is 4.85. The lowest BCUT2D eigenvalue weighted by molar-refractivity contribution is 0.0677. The quantitative estimate of drug-likeness (QED) is 0.696. The Balaban J connectivity index is 1.87. The number of nitrogens with zero attached hydrogens (tertiary/aromatic N) is 6. The van der Waals surface area contributed by atoms with Gasteiger partial charge in [0.05, 0.1) is 12.2 Å². The van der Waals surface area contributed by atoms with Crippen molar-refractivity contribution in [3.8, 4) is 5.69 Å². The first-order valence-corrected chi connectivity index (χ1v) is 7.25. The van der Waals surface area contributed by atoms with Crippen molar-refractivity contribution in [1.29, 1.82) is 0 Å². The van der Waals surface area contributed by atoms with Crippen molar-refractivity contribution in [3.05, 3.63) is 54.4 Å². The summed E-state index contributed by atoms with van der Waals surface area (Å²) in [6.07, 6.45) is 3.61. The molecule has 7 nitrogen and oxygen atoms in total. The first-order chi connectivity index (χ1) is 10.8. The summed E-state index contributed by atoms with van der Waals surface area (Å²) in [4.78, 5) is 4.38. The molecule has 0 radical (unpaired) electrons. The highest BCUT2D eigenvalue weighted by Gasteiger charge is 2.15. The fourth-order valence-electron chi connectivity index (χ4n) is 2.36. The molecule has 0 bridgehead atoms. The van der Waals surface area contributed by atoms with Crippen LogP contribution < -0.4 is 0 Å². The summed E-state index contributed by atoms with van der Waals surface area (Å²) in [5.74, 6) is 1.61. The largest absolute Gasteiger partial charge is 0.371 e. The number of rotatable bonds is 6. The van der Waals surface area contributed by atoms with Gasteiger partial charge in [0.2, 0.25) is 0 Å². The van der Waals surface area contributed by atoms with Crippen molar-refractivity contribution in [2.75, 3.05) is 6.61 Å². The first-order valence-electron chi connectivity index (χ1n) is 7.25. The second kappa shape index (κ2) is 6.48. The van der Waals surface area contributed by atoms with Crippen molar-refractivity contribution in [1.82, 2.24) is 29.8 Å². The molecule has 1 aromatic carbocycles. The van der Waals surface area contributed by atoms with Crippen molar-refractivity contribution in [2.45, 2.75) is 26.5 Å². The molecule has 0 amide bonds. The monoisotopic (exact) mass is 298 g/mol. The van der Waals surface area contributed by atoms with Gasteiger partial charge in [-0.1, -0.05) is 18.2 Å². The van der Waals surface area contributed by atoms with Crippen LogP contribution in [0.1, 0.15) is 31.6 Å². The van der Waals surface area contributed by atoms with E-state index in [1.165, 1.54) is 0 Å². The van der Waals surface area contributed by atoms with E-state index in [1.807, 2.05) is 54.9 Å². The van der Waals surface area contributed by atoms with Crippen molar-refractivity contribution < 1.29 is 4.74 Å². The lowest BCUT2D eigenvalue weighted by Crippen LogP contribution is -2.13. The number of ether oxygens (including phenoxy) is 1. The van der Waals surface area contributed by atoms with Gasteiger partial charge in [-0.25, -0.2) is 4.98 Å². The molecule has 0 saturated heterocycles. The van der Waals surface area contributed by atoms with Gasteiger partial charge in [0.25, 0.3) is 0 Å². The van der Waals surface area contributed by atoms with Crippen molar-refractivity contribution >= 4 is 0 Å². The van der Waals surface area contributed by atoms with E-state index in [9.17, 15) is 0 Å². The van der Waals surface area contributed by atoms with E-state index in [4.69, 9.17) is 4.74 Å². The van der Waals surface area contributed by atoms with Crippen molar-refractivity contribution in [2.24, 2.45) is 0 Å². The Morgan fingerprint density at radius 2 is 2.05 bits per heavy atom. The number of hydrogen-bond donors (Lipinski definition) is 0. The maximum atomic E-state index is 5.62. The van der Waals surface area contributed by atoms with Crippen LogP contribution in [0.3, 0.4) is 0 Å². The molecule has 0 aliphatic rings.